The van der Waals surface area contributed by atoms with Gasteiger partial charge in [0.1, 0.15) is 5.75 Å². The highest BCUT2D eigenvalue weighted by atomic mass is 16.3. The van der Waals surface area contributed by atoms with Crippen molar-refractivity contribution >= 4 is 5.69 Å². The quantitative estimate of drug-likeness (QED) is 0.741. The summed E-state index contributed by atoms with van der Waals surface area (Å²) in [6.07, 6.45) is 1.60. The lowest BCUT2D eigenvalue weighted by Gasteiger charge is -2.05. The normalized spacial score (nSPS) is 10.5. The van der Waals surface area contributed by atoms with Crippen LogP contribution in [0.5, 0.6) is 5.75 Å². The molecular weight excluding hydrogens is 190 g/mol. The van der Waals surface area contributed by atoms with Crippen molar-refractivity contribution in [2.24, 2.45) is 7.05 Å². The van der Waals surface area contributed by atoms with Gasteiger partial charge in [0.15, 0.2) is 0 Å². The Kier molecular flexibility index (Phi) is 2.11. The summed E-state index contributed by atoms with van der Waals surface area (Å²) in [5.74, 6) is 0.271. The van der Waals surface area contributed by atoms with Gasteiger partial charge >= 0.3 is 0 Å². The molecule has 4 nitrogen and oxygen atoms in total. The van der Waals surface area contributed by atoms with Crippen LogP contribution in [0.2, 0.25) is 0 Å². The summed E-state index contributed by atoms with van der Waals surface area (Å²) >= 11 is 0. The molecule has 4 heteroatoms. The number of aryl methyl sites for hydroxylation is 2. The Balaban J connectivity index is 2.59. The van der Waals surface area contributed by atoms with Crippen LogP contribution in [-0.2, 0) is 7.05 Å². The van der Waals surface area contributed by atoms with Crippen LogP contribution in [0.15, 0.2) is 24.4 Å². The van der Waals surface area contributed by atoms with Gasteiger partial charge in [-0.2, -0.15) is 5.10 Å². The van der Waals surface area contributed by atoms with Crippen LogP contribution in [0, 0.1) is 6.92 Å². The number of anilines is 1. The van der Waals surface area contributed by atoms with E-state index in [1.54, 1.807) is 16.9 Å². The molecule has 0 atom stereocenters. The molecule has 0 unspecified atom stereocenters. The minimum Gasteiger partial charge on any atom is -0.508 e. The van der Waals surface area contributed by atoms with Crippen molar-refractivity contribution in [1.82, 2.24) is 9.78 Å². The molecule has 0 saturated carbocycles. The van der Waals surface area contributed by atoms with Gasteiger partial charge in [0.2, 0.25) is 0 Å². The second-order valence-corrected chi connectivity index (χ2v) is 3.57. The van der Waals surface area contributed by atoms with E-state index in [1.165, 1.54) is 0 Å². The zero-order valence-corrected chi connectivity index (χ0v) is 8.73. The molecule has 0 amide bonds. The van der Waals surface area contributed by atoms with Gasteiger partial charge in [0.05, 0.1) is 17.6 Å². The lowest BCUT2D eigenvalue weighted by molar-refractivity contribution is 0.471. The fourth-order valence-corrected chi connectivity index (χ4v) is 1.56. The van der Waals surface area contributed by atoms with Gasteiger partial charge in [0.25, 0.3) is 0 Å². The maximum Gasteiger partial charge on any atom is 0.119 e. The molecule has 0 fully saturated rings. The molecule has 1 aromatic carbocycles. The number of benzene rings is 1. The summed E-state index contributed by atoms with van der Waals surface area (Å²) < 4.78 is 1.69. The zero-order chi connectivity index (χ0) is 11.0. The molecule has 0 spiro atoms. The molecule has 0 saturated heterocycles. The third-order valence-corrected chi connectivity index (χ3v) is 2.45. The van der Waals surface area contributed by atoms with E-state index >= 15 is 0 Å². The lowest BCUT2D eigenvalue weighted by atomic mass is 10.1. The van der Waals surface area contributed by atoms with Crippen molar-refractivity contribution in [3.63, 3.8) is 0 Å². The molecular formula is C11H13N3O. The Morgan fingerprint density at radius 3 is 2.67 bits per heavy atom. The molecule has 0 aliphatic heterocycles. The van der Waals surface area contributed by atoms with Crippen LogP contribution in [-0.4, -0.2) is 14.9 Å². The maximum atomic E-state index is 9.61. The number of hydrogen-bond donors (Lipinski definition) is 2. The minimum atomic E-state index is 0.271. The van der Waals surface area contributed by atoms with Gasteiger partial charge in [-0.25, -0.2) is 0 Å². The molecule has 15 heavy (non-hydrogen) atoms. The third kappa shape index (κ3) is 1.54. The van der Waals surface area contributed by atoms with Gasteiger partial charge in [-0.1, -0.05) is 12.1 Å². The number of nitrogen functional groups attached to an aromatic ring is 1. The number of nitrogens with zero attached hydrogens (tertiary/aromatic N) is 2. The summed E-state index contributed by atoms with van der Waals surface area (Å²) in [5.41, 5.74) is 8.95. The third-order valence-electron chi connectivity index (χ3n) is 2.45. The fourth-order valence-electron chi connectivity index (χ4n) is 1.56. The summed E-state index contributed by atoms with van der Waals surface area (Å²) in [4.78, 5) is 0. The van der Waals surface area contributed by atoms with E-state index in [4.69, 9.17) is 5.73 Å². The molecule has 0 aliphatic carbocycles. The first-order valence-corrected chi connectivity index (χ1v) is 4.67. The van der Waals surface area contributed by atoms with Crippen LogP contribution in [0.1, 0.15) is 5.56 Å². The molecule has 2 rings (SSSR count). The Hall–Kier alpha value is -1.97. The molecule has 0 radical (unpaired) electrons. The Bertz CT molecular complexity index is 483. The predicted molar refractivity (Wildman–Crippen MR) is 59.5 cm³/mol. The molecule has 3 N–H and O–H groups in total. The van der Waals surface area contributed by atoms with E-state index in [0.717, 1.165) is 16.8 Å². The maximum absolute atomic E-state index is 9.61. The van der Waals surface area contributed by atoms with E-state index in [1.807, 2.05) is 26.1 Å². The van der Waals surface area contributed by atoms with E-state index in [0.29, 0.717) is 5.69 Å². The number of aromatic hydroxyl groups is 1. The van der Waals surface area contributed by atoms with E-state index < -0.39 is 0 Å². The van der Waals surface area contributed by atoms with Gasteiger partial charge in [-0.3, -0.25) is 4.68 Å². The second kappa shape index (κ2) is 3.31. The van der Waals surface area contributed by atoms with Crippen molar-refractivity contribution in [3.05, 3.63) is 30.0 Å². The number of hydrogen-bond acceptors (Lipinski definition) is 3. The highest BCUT2D eigenvalue weighted by molar-refractivity contribution is 5.73. The largest absolute Gasteiger partial charge is 0.508 e. The molecule has 1 aromatic heterocycles. The summed E-state index contributed by atoms with van der Waals surface area (Å²) in [5, 5.41) is 13.7. The number of rotatable bonds is 1. The molecule has 78 valence electrons. The van der Waals surface area contributed by atoms with E-state index in [-0.39, 0.29) is 5.75 Å². The Morgan fingerprint density at radius 1 is 1.40 bits per heavy atom. The molecule has 2 aromatic rings. The van der Waals surface area contributed by atoms with Gasteiger partial charge in [-0.05, 0) is 18.6 Å². The first kappa shape index (κ1) is 9.58. The monoisotopic (exact) mass is 203 g/mol. The fraction of sp³-hybridized carbons (Fsp3) is 0.182. The van der Waals surface area contributed by atoms with Crippen molar-refractivity contribution in [2.45, 2.75) is 6.92 Å². The molecule has 0 bridgehead atoms. The van der Waals surface area contributed by atoms with Crippen molar-refractivity contribution in [3.8, 4) is 17.0 Å². The molecule has 1 heterocycles. The van der Waals surface area contributed by atoms with E-state index in [9.17, 15) is 5.11 Å². The Labute approximate surface area is 88.0 Å². The predicted octanol–water partition coefficient (Wildman–Crippen LogP) is 1.68. The van der Waals surface area contributed by atoms with Crippen molar-refractivity contribution < 1.29 is 5.11 Å². The molecule has 0 aliphatic rings. The number of phenolic OH excluding ortho intramolecular Hbond substituents is 1. The second-order valence-electron chi connectivity index (χ2n) is 3.57. The first-order chi connectivity index (χ1) is 7.09. The topological polar surface area (TPSA) is 64.1 Å². The summed E-state index contributed by atoms with van der Waals surface area (Å²) in [6.45, 7) is 1.85. The zero-order valence-electron chi connectivity index (χ0n) is 8.73. The van der Waals surface area contributed by atoms with Gasteiger partial charge in [0, 0.05) is 12.6 Å². The minimum absolute atomic E-state index is 0.271. The lowest BCUT2D eigenvalue weighted by Crippen LogP contribution is -1.95. The summed E-state index contributed by atoms with van der Waals surface area (Å²) in [7, 11) is 1.82. The van der Waals surface area contributed by atoms with Crippen LogP contribution in [0.4, 0.5) is 5.69 Å². The van der Waals surface area contributed by atoms with Crippen LogP contribution >= 0.6 is 0 Å². The smallest absolute Gasteiger partial charge is 0.119 e. The van der Waals surface area contributed by atoms with Crippen LogP contribution in [0.25, 0.3) is 11.3 Å². The number of nitrogens with two attached hydrogens (primary N) is 1. The van der Waals surface area contributed by atoms with Crippen LogP contribution in [0.3, 0.4) is 0 Å². The first-order valence-electron chi connectivity index (χ1n) is 4.67. The van der Waals surface area contributed by atoms with Crippen molar-refractivity contribution in [1.29, 1.82) is 0 Å². The number of aromatic nitrogens is 2. The summed E-state index contributed by atoms with van der Waals surface area (Å²) in [6, 6.07) is 5.47. The standard InChI is InChI=1S/C11H13N3O/c1-7-3-4-8(5-10(7)15)11-9(12)6-13-14(11)2/h3-6,15H,12H2,1-2H3. The van der Waals surface area contributed by atoms with Gasteiger partial charge < -0.3 is 10.8 Å². The highest BCUT2D eigenvalue weighted by Gasteiger charge is 2.09. The van der Waals surface area contributed by atoms with Gasteiger partial charge in [-0.15, -0.1) is 0 Å². The Morgan fingerprint density at radius 2 is 2.13 bits per heavy atom. The average molecular weight is 203 g/mol. The van der Waals surface area contributed by atoms with E-state index in [2.05, 4.69) is 5.10 Å². The van der Waals surface area contributed by atoms with Crippen LogP contribution < -0.4 is 5.73 Å². The number of phenols is 1. The average Bonchev–Trinajstić information content (AvgIpc) is 2.52. The SMILES string of the molecule is Cc1ccc(-c2c(N)cnn2C)cc1O. The highest BCUT2D eigenvalue weighted by Crippen LogP contribution is 2.29. The van der Waals surface area contributed by atoms with Crippen molar-refractivity contribution in [2.75, 3.05) is 5.73 Å².